The van der Waals surface area contributed by atoms with Crippen molar-refractivity contribution in [2.75, 3.05) is 11.9 Å². The average Bonchev–Trinajstić information content (AvgIpc) is 3.06. The molecule has 1 saturated heterocycles. The van der Waals surface area contributed by atoms with Crippen molar-refractivity contribution >= 4 is 17.4 Å². The van der Waals surface area contributed by atoms with Gasteiger partial charge in [-0.05, 0) is 36.4 Å². The van der Waals surface area contributed by atoms with E-state index < -0.39 is 0 Å². The zero-order valence-electron chi connectivity index (χ0n) is 13.5. The number of rotatable bonds is 5. The first kappa shape index (κ1) is 16.9. The van der Waals surface area contributed by atoms with Crippen LogP contribution in [0.1, 0.15) is 12.0 Å². The lowest BCUT2D eigenvalue weighted by molar-refractivity contribution is -0.117. The van der Waals surface area contributed by atoms with Crippen molar-refractivity contribution in [1.29, 1.82) is 5.41 Å². The van der Waals surface area contributed by atoms with Crippen molar-refractivity contribution < 1.29 is 13.9 Å². The smallest absolute Gasteiger partial charge is 0.241 e. The molecule has 2 atom stereocenters. The highest BCUT2D eigenvalue weighted by Crippen LogP contribution is 2.19. The van der Waals surface area contributed by atoms with Gasteiger partial charge in [-0.15, -0.1) is 0 Å². The molecule has 0 bridgehead atoms. The Morgan fingerprint density at radius 3 is 2.76 bits per heavy atom. The SMILES string of the molecule is N=C(N)c1cccc(O[C@H]2CN[C@H](C(=O)Nc3ccc(F)cc3)C2)c1. The van der Waals surface area contributed by atoms with Crippen molar-refractivity contribution in [3.05, 3.63) is 59.9 Å². The van der Waals surface area contributed by atoms with Crippen LogP contribution in [0.4, 0.5) is 10.1 Å². The van der Waals surface area contributed by atoms with Crippen molar-refractivity contribution in [3.63, 3.8) is 0 Å². The van der Waals surface area contributed by atoms with Crippen LogP contribution in [0, 0.1) is 11.2 Å². The predicted molar refractivity (Wildman–Crippen MR) is 93.3 cm³/mol. The molecule has 130 valence electrons. The molecule has 1 fully saturated rings. The van der Waals surface area contributed by atoms with Gasteiger partial charge in [0.25, 0.3) is 0 Å². The second-order valence-corrected chi connectivity index (χ2v) is 5.87. The summed E-state index contributed by atoms with van der Waals surface area (Å²) in [5.74, 6) is 0.0547. The summed E-state index contributed by atoms with van der Waals surface area (Å²) >= 11 is 0. The number of nitrogens with two attached hydrogens (primary N) is 1. The summed E-state index contributed by atoms with van der Waals surface area (Å²) in [5.41, 5.74) is 6.61. The van der Waals surface area contributed by atoms with Crippen molar-refractivity contribution in [1.82, 2.24) is 5.32 Å². The van der Waals surface area contributed by atoms with Crippen molar-refractivity contribution in [3.8, 4) is 5.75 Å². The minimum Gasteiger partial charge on any atom is -0.489 e. The van der Waals surface area contributed by atoms with Gasteiger partial charge < -0.3 is 21.1 Å². The van der Waals surface area contributed by atoms with Gasteiger partial charge in [0.1, 0.15) is 23.5 Å². The lowest BCUT2D eigenvalue weighted by Crippen LogP contribution is -2.35. The molecule has 3 rings (SSSR count). The Morgan fingerprint density at radius 2 is 2.04 bits per heavy atom. The summed E-state index contributed by atoms with van der Waals surface area (Å²) in [6.45, 7) is 0.534. The number of amidine groups is 1. The zero-order chi connectivity index (χ0) is 17.8. The van der Waals surface area contributed by atoms with E-state index >= 15 is 0 Å². The van der Waals surface area contributed by atoms with Crippen LogP contribution in [0.5, 0.6) is 5.75 Å². The molecule has 1 amide bonds. The van der Waals surface area contributed by atoms with Gasteiger partial charge in [-0.2, -0.15) is 0 Å². The molecular weight excluding hydrogens is 323 g/mol. The van der Waals surface area contributed by atoms with Gasteiger partial charge >= 0.3 is 0 Å². The molecule has 7 heteroatoms. The number of anilines is 1. The molecule has 0 radical (unpaired) electrons. The van der Waals surface area contributed by atoms with Gasteiger partial charge in [0.05, 0.1) is 6.04 Å². The summed E-state index contributed by atoms with van der Waals surface area (Å²) in [6, 6.07) is 12.2. The number of benzene rings is 2. The van der Waals surface area contributed by atoms with Gasteiger partial charge in [0.15, 0.2) is 0 Å². The van der Waals surface area contributed by atoms with E-state index in [-0.39, 0.29) is 29.7 Å². The van der Waals surface area contributed by atoms with Crippen LogP contribution in [-0.4, -0.2) is 30.4 Å². The first-order valence-corrected chi connectivity index (χ1v) is 7.92. The van der Waals surface area contributed by atoms with E-state index in [0.29, 0.717) is 30.0 Å². The average molecular weight is 342 g/mol. The Bertz CT molecular complexity index is 779. The predicted octanol–water partition coefficient (Wildman–Crippen LogP) is 1.86. The minimum absolute atomic E-state index is 0.0217. The highest BCUT2D eigenvalue weighted by Gasteiger charge is 2.30. The molecule has 1 heterocycles. The summed E-state index contributed by atoms with van der Waals surface area (Å²) in [6.07, 6.45) is 0.350. The Balaban J connectivity index is 1.56. The second kappa shape index (κ2) is 7.31. The molecule has 25 heavy (non-hydrogen) atoms. The maximum atomic E-state index is 12.9. The number of carbonyl (C=O) groups is 1. The van der Waals surface area contributed by atoms with Gasteiger partial charge in [-0.25, -0.2) is 4.39 Å². The van der Waals surface area contributed by atoms with Gasteiger partial charge in [0.2, 0.25) is 5.91 Å². The molecule has 1 aliphatic heterocycles. The third-order valence-corrected chi connectivity index (χ3v) is 3.97. The fourth-order valence-corrected chi connectivity index (χ4v) is 2.68. The topological polar surface area (TPSA) is 100 Å². The van der Waals surface area contributed by atoms with E-state index in [1.54, 1.807) is 24.3 Å². The Hall–Kier alpha value is -2.93. The number of hydrogen-bond donors (Lipinski definition) is 4. The molecule has 0 aromatic heterocycles. The fourth-order valence-electron chi connectivity index (χ4n) is 2.68. The molecule has 5 N–H and O–H groups in total. The van der Waals surface area contributed by atoms with Crippen LogP contribution < -0.4 is 21.1 Å². The van der Waals surface area contributed by atoms with E-state index in [2.05, 4.69) is 10.6 Å². The van der Waals surface area contributed by atoms with Crippen LogP contribution in [-0.2, 0) is 4.79 Å². The van der Waals surface area contributed by atoms with Gasteiger partial charge in [-0.3, -0.25) is 10.2 Å². The lowest BCUT2D eigenvalue weighted by atomic mass is 10.1. The van der Waals surface area contributed by atoms with E-state index in [4.69, 9.17) is 15.9 Å². The summed E-state index contributed by atoms with van der Waals surface area (Å²) in [4.78, 5) is 12.3. The molecule has 6 nitrogen and oxygen atoms in total. The Labute approximate surface area is 144 Å². The maximum absolute atomic E-state index is 12.9. The summed E-state index contributed by atoms with van der Waals surface area (Å²) in [7, 11) is 0. The minimum atomic E-state index is -0.383. The zero-order valence-corrected chi connectivity index (χ0v) is 13.5. The number of amides is 1. The molecule has 0 spiro atoms. The molecule has 2 aromatic rings. The van der Waals surface area contributed by atoms with E-state index in [0.717, 1.165) is 0 Å². The molecule has 0 saturated carbocycles. The number of hydrogen-bond acceptors (Lipinski definition) is 4. The fraction of sp³-hybridized carbons (Fsp3) is 0.222. The lowest BCUT2D eigenvalue weighted by Gasteiger charge is -2.14. The Kier molecular flexibility index (Phi) is 4.95. The highest BCUT2D eigenvalue weighted by molar-refractivity contribution is 5.95. The van der Waals surface area contributed by atoms with Crippen LogP contribution in [0.15, 0.2) is 48.5 Å². The van der Waals surface area contributed by atoms with Crippen LogP contribution in [0.3, 0.4) is 0 Å². The van der Waals surface area contributed by atoms with Gasteiger partial charge in [0, 0.05) is 24.2 Å². The third kappa shape index (κ3) is 4.33. The number of nitrogen functional groups attached to an aromatic ring is 1. The van der Waals surface area contributed by atoms with Crippen molar-refractivity contribution in [2.45, 2.75) is 18.6 Å². The summed E-state index contributed by atoms with van der Waals surface area (Å²) < 4.78 is 18.8. The van der Waals surface area contributed by atoms with Gasteiger partial charge in [-0.1, -0.05) is 12.1 Å². The maximum Gasteiger partial charge on any atom is 0.241 e. The third-order valence-electron chi connectivity index (χ3n) is 3.97. The summed E-state index contributed by atoms with van der Waals surface area (Å²) in [5, 5.41) is 13.3. The number of halogens is 1. The second-order valence-electron chi connectivity index (χ2n) is 5.87. The first-order valence-electron chi connectivity index (χ1n) is 7.92. The number of ether oxygens (including phenoxy) is 1. The standard InChI is InChI=1S/C18H19FN4O2/c19-12-4-6-13(7-5-12)23-18(24)16-9-15(10-22-16)25-14-3-1-2-11(8-14)17(20)21/h1-8,15-16,22H,9-10H2,(H3,20,21)(H,23,24)/t15-,16+/m1/s1. The molecular formula is C18H19FN4O2. The van der Waals surface area contributed by atoms with Crippen LogP contribution in [0.2, 0.25) is 0 Å². The van der Waals surface area contributed by atoms with Crippen LogP contribution in [0.25, 0.3) is 0 Å². The largest absolute Gasteiger partial charge is 0.489 e. The monoisotopic (exact) mass is 342 g/mol. The molecule has 2 aromatic carbocycles. The van der Waals surface area contributed by atoms with E-state index in [1.807, 2.05) is 0 Å². The van der Waals surface area contributed by atoms with E-state index in [1.165, 1.54) is 24.3 Å². The number of carbonyl (C=O) groups excluding carboxylic acids is 1. The normalized spacial score (nSPS) is 19.4. The van der Waals surface area contributed by atoms with E-state index in [9.17, 15) is 9.18 Å². The Morgan fingerprint density at radius 1 is 1.28 bits per heavy atom. The van der Waals surface area contributed by atoms with Crippen LogP contribution >= 0.6 is 0 Å². The number of nitrogens with one attached hydrogen (secondary N) is 3. The van der Waals surface area contributed by atoms with Crippen molar-refractivity contribution in [2.24, 2.45) is 5.73 Å². The quantitative estimate of drug-likeness (QED) is 0.492. The molecule has 0 aliphatic carbocycles. The molecule has 0 unspecified atom stereocenters. The molecule has 1 aliphatic rings. The highest BCUT2D eigenvalue weighted by atomic mass is 19.1. The first-order chi connectivity index (χ1) is 12.0.